The maximum atomic E-state index is 12.5. The summed E-state index contributed by atoms with van der Waals surface area (Å²) in [7, 11) is 1.84. The topological polar surface area (TPSA) is 60.0 Å². The second-order valence-electron chi connectivity index (χ2n) is 7.77. The van der Waals surface area contributed by atoms with E-state index in [4.69, 9.17) is 0 Å². The molecule has 150 valence electrons. The van der Waals surface area contributed by atoms with E-state index < -0.39 is 0 Å². The Morgan fingerprint density at radius 3 is 2.23 bits per heavy atom. The lowest BCUT2D eigenvalue weighted by molar-refractivity contribution is -0.137. The number of guanidine groups is 1. The Hall–Kier alpha value is -0.570. The molecule has 0 spiro atoms. The molecule has 0 bridgehead atoms. The fraction of sp³-hybridized carbons (Fsp3) is 0.895. The van der Waals surface area contributed by atoms with Crippen molar-refractivity contribution in [2.45, 2.75) is 57.4 Å². The number of carbonyl (C=O) groups excluding carboxylic acids is 1. The Morgan fingerprint density at radius 1 is 1.00 bits per heavy atom. The minimum Gasteiger partial charge on any atom is -0.355 e. The van der Waals surface area contributed by atoms with Gasteiger partial charge in [0.1, 0.15) is 0 Å². The summed E-state index contributed by atoms with van der Waals surface area (Å²) in [6.45, 7) is 5.69. The first-order valence-electron chi connectivity index (χ1n) is 10.2. The molecule has 2 saturated carbocycles. The van der Waals surface area contributed by atoms with Crippen LogP contribution in [0, 0.1) is 5.92 Å². The third kappa shape index (κ3) is 6.25. The van der Waals surface area contributed by atoms with Crippen molar-refractivity contribution in [2.75, 3.05) is 46.3 Å². The number of piperazine rings is 1. The maximum absolute atomic E-state index is 12.5. The SMILES string of the molecule is CN=C(NCCN1CCN(C(=O)C2CCCC2)CC1)NC1CCCC1.I. The summed E-state index contributed by atoms with van der Waals surface area (Å²) >= 11 is 0. The number of amides is 1. The lowest BCUT2D eigenvalue weighted by atomic mass is 10.1. The molecule has 2 aliphatic carbocycles. The van der Waals surface area contributed by atoms with Gasteiger partial charge in [-0.1, -0.05) is 25.7 Å². The van der Waals surface area contributed by atoms with Crippen LogP contribution in [0.15, 0.2) is 4.99 Å². The number of nitrogens with zero attached hydrogens (tertiary/aromatic N) is 3. The van der Waals surface area contributed by atoms with Gasteiger partial charge in [-0.25, -0.2) is 0 Å². The number of halogens is 1. The molecule has 3 rings (SSSR count). The van der Waals surface area contributed by atoms with E-state index in [0.717, 1.165) is 58.1 Å². The van der Waals surface area contributed by atoms with Crippen LogP contribution in [0.2, 0.25) is 0 Å². The van der Waals surface area contributed by atoms with Crippen LogP contribution in [0.3, 0.4) is 0 Å². The van der Waals surface area contributed by atoms with Crippen molar-refractivity contribution in [3.63, 3.8) is 0 Å². The van der Waals surface area contributed by atoms with Gasteiger partial charge in [0.2, 0.25) is 5.91 Å². The molecule has 0 aromatic rings. The van der Waals surface area contributed by atoms with E-state index in [2.05, 4.69) is 25.4 Å². The minimum absolute atomic E-state index is 0. The molecule has 0 atom stereocenters. The predicted molar refractivity (Wildman–Crippen MR) is 117 cm³/mol. The quantitative estimate of drug-likeness (QED) is 0.362. The molecule has 0 unspecified atom stereocenters. The highest BCUT2D eigenvalue weighted by atomic mass is 127. The van der Waals surface area contributed by atoms with E-state index in [9.17, 15) is 4.79 Å². The van der Waals surface area contributed by atoms with Crippen molar-refractivity contribution in [3.05, 3.63) is 0 Å². The third-order valence-corrected chi connectivity index (χ3v) is 6.03. The molecule has 26 heavy (non-hydrogen) atoms. The van der Waals surface area contributed by atoms with Crippen LogP contribution in [0.5, 0.6) is 0 Å². The van der Waals surface area contributed by atoms with Gasteiger partial charge in [0.25, 0.3) is 0 Å². The predicted octanol–water partition coefficient (Wildman–Crippen LogP) is 2.05. The third-order valence-electron chi connectivity index (χ3n) is 6.03. The Morgan fingerprint density at radius 2 is 1.62 bits per heavy atom. The first-order valence-corrected chi connectivity index (χ1v) is 10.2. The van der Waals surface area contributed by atoms with E-state index >= 15 is 0 Å². The monoisotopic (exact) mass is 477 g/mol. The Bertz CT molecular complexity index is 453. The van der Waals surface area contributed by atoms with Gasteiger partial charge in [0.05, 0.1) is 0 Å². The molecule has 6 nitrogen and oxygen atoms in total. The van der Waals surface area contributed by atoms with Crippen LogP contribution in [-0.4, -0.2) is 74.0 Å². The zero-order valence-electron chi connectivity index (χ0n) is 16.2. The molecule has 1 saturated heterocycles. The molecule has 3 fully saturated rings. The van der Waals surface area contributed by atoms with Crippen LogP contribution in [0.1, 0.15) is 51.4 Å². The molecule has 1 amide bonds. The molecular formula is C19H36IN5O. The highest BCUT2D eigenvalue weighted by Crippen LogP contribution is 2.26. The van der Waals surface area contributed by atoms with Gasteiger partial charge in [0.15, 0.2) is 5.96 Å². The van der Waals surface area contributed by atoms with E-state index in [-0.39, 0.29) is 24.0 Å². The highest BCUT2D eigenvalue weighted by Gasteiger charge is 2.29. The van der Waals surface area contributed by atoms with Crippen molar-refractivity contribution in [1.82, 2.24) is 20.4 Å². The molecule has 2 N–H and O–H groups in total. The lowest BCUT2D eigenvalue weighted by Gasteiger charge is -2.36. The molecule has 0 aromatic heterocycles. The van der Waals surface area contributed by atoms with Gasteiger partial charge >= 0.3 is 0 Å². The second kappa shape index (κ2) is 11.3. The number of hydrogen-bond donors (Lipinski definition) is 2. The minimum atomic E-state index is 0. The largest absolute Gasteiger partial charge is 0.355 e. The Labute approximate surface area is 175 Å². The first kappa shape index (κ1) is 21.7. The van der Waals surface area contributed by atoms with E-state index in [1.165, 1.54) is 38.5 Å². The number of nitrogens with one attached hydrogen (secondary N) is 2. The van der Waals surface area contributed by atoms with Crippen molar-refractivity contribution < 1.29 is 4.79 Å². The van der Waals surface area contributed by atoms with E-state index in [1.807, 2.05) is 7.05 Å². The van der Waals surface area contributed by atoms with E-state index in [0.29, 0.717) is 17.9 Å². The van der Waals surface area contributed by atoms with Gasteiger partial charge in [-0.3, -0.25) is 14.7 Å². The smallest absolute Gasteiger partial charge is 0.225 e. The van der Waals surface area contributed by atoms with Gasteiger partial charge in [-0.15, -0.1) is 24.0 Å². The number of hydrogen-bond acceptors (Lipinski definition) is 3. The standard InChI is InChI=1S/C19H35N5O.HI/c1-20-19(22-17-8-4-5-9-17)21-10-11-23-12-14-24(15-13-23)18(25)16-6-2-3-7-16;/h16-17H,2-15H2,1H3,(H2,20,21,22);1H. The Kier molecular flexibility index (Phi) is 9.45. The summed E-state index contributed by atoms with van der Waals surface area (Å²) in [6, 6.07) is 0.594. The molecule has 0 aromatic carbocycles. The number of aliphatic imine (C=N–C) groups is 1. The van der Waals surface area contributed by atoms with Crippen molar-refractivity contribution in [1.29, 1.82) is 0 Å². The van der Waals surface area contributed by atoms with Gasteiger partial charge in [-0.05, 0) is 25.7 Å². The van der Waals surface area contributed by atoms with Crippen molar-refractivity contribution in [3.8, 4) is 0 Å². The van der Waals surface area contributed by atoms with Crippen LogP contribution >= 0.6 is 24.0 Å². The van der Waals surface area contributed by atoms with Crippen LogP contribution in [0.4, 0.5) is 0 Å². The highest BCUT2D eigenvalue weighted by molar-refractivity contribution is 14.0. The molecule has 0 radical (unpaired) electrons. The second-order valence-corrected chi connectivity index (χ2v) is 7.77. The summed E-state index contributed by atoms with van der Waals surface area (Å²) in [6.07, 6.45) is 9.87. The fourth-order valence-electron chi connectivity index (χ4n) is 4.41. The van der Waals surface area contributed by atoms with Gasteiger partial charge in [0, 0.05) is 58.3 Å². The average Bonchev–Trinajstić information content (AvgIpc) is 3.35. The Balaban J connectivity index is 0.00000243. The van der Waals surface area contributed by atoms with Gasteiger partial charge in [-0.2, -0.15) is 0 Å². The fourth-order valence-corrected chi connectivity index (χ4v) is 4.41. The molecule has 1 heterocycles. The number of carbonyl (C=O) groups is 1. The summed E-state index contributed by atoms with van der Waals surface area (Å²) < 4.78 is 0. The van der Waals surface area contributed by atoms with Crippen LogP contribution in [-0.2, 0) is 4.79 Å². The summed E-state index contributed by atoms with van der Waals surface area (Å²) in [4.78, 5) is 21.4. The molecule has 3 aliphatic rings. The zero-order valence-corrected chi connectivity index (χ0v) is 18.5. The maximum Gasteiger partial charge on any atom is 0.225 e. The van der Waals surface area contributed by atoms with Gasteiger partial charge < -0.3 is 15.5 Å². The zero-order chi connectivity index (χ0) is 17.5. The summed E-state index contributed by atoms with van der Waals surface area (Å²) in [5.41, 5.74) is 0. The average molecular weight is 477 g/mol. The first-order chi connectivity index (χ1) is 12.3. The van der Waals surface area contributed by atoms with Crippen molar-refractivity contribution >= 4 is 35.8 Å². The van der Waals surface area contributed by atoms with Crippen molar-refractivity contribution in [2.24, 2.45) is 10.9 Å². The summed E-state index contributed by atoms with van der Waals surface area (Å²) in [5, 5.41) is 6.96. The van der Waals surface area contributed by atoms with E-state index in [1.54, 1.807) is 0 Å². The number of rotatable bonds is 5. The molecule has 1 aliphatic heterocycles. The summed E-state index contributed by atoms with van der Waals surface area (Å²) in [5.74, 6) is 1.66. The molecule has 7 heteroatoms. The molecular weight excluding hydrogens is 441 g/mol. The normalized spacial score (nSPS) is 23.1. The van der Waals surface area contributed by atoms with Crippen LogP contribution < -0.4 is 10.6 Å². The van der Waals surface area contributed by atoms with Crippen LogP contribution in [0.25, 0.3) is 0 Å². The lowest BCUT2D eigenvalue weighted by Crippen LogP contribution is -2.52.